The van der Waals surface area contributed by atoms with Crippen molar-refractivity contribution in [2.45, 2.75) is 27.2 Å². The normalized spacial score (nSPS) is 9.36. The molecule has 0 fully saturated rings. The predicted molar refractivity (Wildman–Crippen MR) is 60.3 cm³/mol. The molecule has 0 bridgehead atoms. The Morgan fingerprint density at radius 2 is 1.79 bits per heavy atom. The first-order valence-corrected chi connectivity index (χ1v) is 5.11. The van der Waals surface area contributed by atoms with E-state index >= 15 is 0 Å². The molecule has 1 heterocycles. The molecular weight excluding hydrogens is 172 g/mol. The van der Waals surface area contributed by atoms with Gasteiger partial charge in [0.05, 0.1) is 11.2 Å². The van der Waals surface area contributed by atoms with Crippen LogP contribution in [-0.2, 0) is 6.42 Å². The zero-order valence-corrected chi connectivity index (χ0v) is 8.99. The largest absolute Gasteiger partial charge is 0.155 e. The van der Waals surface area contributed by atoms with E-state index in [1.165, 1.54) is 5.39 Å². The van der Waals surface area contributed by atoms with E-state index in [1.54, 1.807) is 0 Å². The van der Waals surface area contributed by atoms with Gasteiger partial charge in [0, 0.05) is 5.39 Å². The van der Waals surface area contributed by atoms with E-state index in [4.69, 9.17) is 0 Å². The first-order chi connectivity index (χ1) is 6.90. The molecule has 14 heavy (non-hydrogen) atoms. The van der Waals surface area contributed by atoms with Crippen molar-refractivity contribution in [3.05, 3.63) is 36.0 Å². The molecule has 0 saturated carbocycles. The fraction of sp³-hybridized carbons (Fsp3) is 0.333. The Bertz CT molecular complexity index is 396. The second-order valence-electron chi connectivity index (χ2n) is 2.75. The molecule has 2 heteroatoms. The van der Waals surface area contributed by atoms with Crippen LogP contribution in [0.2, 0.25) is 0 Å². The third-order valence-corrected chi connectivity index (χ3v) is 1.91. The standard InChI is InChI=1S/C10H10N2.C2H6/c1-2-9-7-8-5-3-4-6-10(8)12-11-9;1-2/h3-7H,2H2,1H3;1-2H3. The van der Waals surface area contributed by atoms with Crippen LogP contribution in [0.5, 0.6) is 0 Å². The third-order valence-electron chi connectivity index (χ3n) is 1.91. The Hall–Kier alpha value is -1.44. The molecular formula is C12H16N2. The number of rotatable bonds is 1. The lowest BCUT2D eigenvalue weighted by molar-refractivity contribution is 0.945. The highest BCUT2D eigenvalue weighted by Crippen LogP contribution is 2.10. The van der Waals surface area contributed by atoms with Gasteiger partial charge in [-0.1, -0.05) is 39.0 Å². The fourth-order valence-corrected chi connectivity index (χ4v) is 1.20. The van der Waals surface area contributed by atoms with Gasteiger partial charge in [0.1, 0.15) is 0 Å². The third kappa shape index (κ3) is 2.28. The van der Waals surface area contributed by atoms with Crippen LogP contribution in [0.25, 0.3) is 10.9 Å². The fourth-order valence-electron chi connectivity index (χ4n) is 1.20. The highest BCUT2D eigenvalue weighted by molar-refractivity contribution is 5.77. The average Bonchev–Trinajstić information content (AvgIpc) is 2.31. The summed E-state index contributed by atoms with van der Waals surface area (Å²) in [6, 6.07) is 10.1. The van der Waals surface area contributed by atoms with Crippen molar-refractivity contribution in [2.75, 3.05) is 0 Å². The van der Waals surface area contributed by atoms with Crippen molar-refractivity contribution in [3.8, 4) is 0 Å². The highest BCUT2D eigenvalue weighted by atomic mass is 15.1. The summed E-state index contributed by atoms with van der Waals surface area (Å²) in [5.74, 6) is 0. The molecule has 0 unspecified atom stereocenters. The first kappa shape index (κ1) is 10.6. The lowest BCUT2D eigenvalue weighted by Crippen LogP contribution is -1.90. The van der Waals surface area contributed by atoms with Crippen molar-refractivity contribution in [1.29, 1.82) is 0 Å². The molecule has 0 atom stereocenters. The van der Waals surface area contributed by atoms with Gasteiger partial charge in [0.2, 0.25) is 0 Å². The Morgan fingerprint density at radius 3 is 2.50 bits per heavy atom. The van der Waals surface area contributed by atoms with Crippen molar-refractivity contribution < 1.29 is 0 Å². The Kier molecular flexibility index (Phi) is 4.05. The van der Waals surface area contributed by atoms with E-state index in [0.717, 1.165) is 17.6 Å². The molecule has 0 amide bonds. The SMILES string of the molecule is CC.CCc1cc2ccccc2nn1. The van der Waals surface area contributed by atoms with Gasteiger partial charge in [-0.15, -0.1) is 0 Å². The van der Waals surface area contributed by atoms with Crippen LogP contribution in [0.4, 0.5) is 0 Å². The molecule has 74 valence electrons. The number of benzene rings is 1. The van der Waals surface area contributed by atoms with Gasteiger partial charge in [0.25, 0.3) is 0 Å². The van der Waals surface area contributed by atoms with Crippen molar-refractivity contribution >= 4 is 10.9 Å². The molecule has 0 radical (unpaired) electrons. The quantitative estimate of drug-likeness (QED) is 0.686. The summed E-state index contributed by atoms with van der Waals surface area (Å²) in [5, 5.41) is 9.35. The average molecular weight is 188 g/mol. The minimum absolute atomic E-state index is 0.942. The molecule has 2 aromatic rings. The first-order valence-electron chi connectivity index (χ1n) is 5.11. The molecule has 0 saturated heterocycles. The Balaban J connectivity index is 0.000000461. The molecule has 2 rings (SSSR count). The molecule has 0 aliphatic rings. The summed E-state index contributed by atoms with van der Waals surface area (Å²) in [6.45, 7) is 6.08. The second kappa shape index (κ2) is 5.32. The summed E-state index contributed by atoms with van der Waals surface area (Å²) in [6.07, 6.45) is 0.942. The number of aromatic nitrogens is 2. The van der Waals surface area contributed by atoms with Crippen LogP contribution >= 0.6 is 0 Å². The summed E-state index contributed by atoms with van der Waals surface area (Å²) in [7, 11) is 0. The minimum Gasteiger partial charge on any atom is -0.155 e. The van der Waals surface area contributed by atoms with Crippen molar-refractivity contribution in [3.63, 3.8) is 0 Å². The van der Waals surface area contributed by atoms with Gasteiger partial charge < -0.3 is 0 Å². The molecule has 0 aliphatic heterocycles. The maximum Gasteiger partial charge on any atom is 0.0929 e. The maximum atomic E-state index is 4.10. The molecule has 2 nitrogen and oxygen atoms in total. The number of hydrogen-bond acceptors (Lipinski definition) is 2. The van der Waals surface area contributed by atoms with Gasteiger partial charge in [-0.05, 0) is 18.6 Å². The lowest BCUT2D eigenvalue weighted by Gasteiger charge is -1.97. The van der Waals surface area contributed by atoms with Crippen LogP contribution in [0.3, 0.4) is 0 Å². The number of nitrogens with zero attached hydrogens (tertiary/aromatic N) is 2. The Labute approximate surface area is 85.0 Å². The van der Waals surface area contributed by atoms with E-state index in [-0.39, 0.29) is 0 Å². The van der Waals surface area contributed by atoms with Gasteiger partial charge in [-0.2, -0.15) is 10.2 Å². The maximum absolute atomic E-state index is 4.10. The van der Waals surface area contributed by atoms with Crippen LogP contribution in [0.1, 0.15) is 26.5 Å². The van der Waals surface area contributed by atoms with E-state index in [0.29, 0.717) is 0 Å². The molecule has 1 aromatic heterocycles. The smallest absolute Gasteiger partial charge is 0.0929 e. The summed E-state index contributed by atoms with van der Waals surface area (Å²) in [5.41, 5.74) is 2.02. The molecule has 0 aliphatic carbocycles. The second-order valence-corrected chi connectivity index (χ2v) is 2.75. The van der Waals surface area contributed by atoms with Crippen LogP contribution in [0.15, 0.2) is 30.3 Å². The van der Waals surface area contributed by atoms with Crippen molar-refractivity contribution in [1.82, 2.24) is 10.2 Å². The monoisotopic (exact) mass is 188 g/mol. The lowest BCUT2D eigenvalue weighted by atomic mass is 10.2. The topological polar surface area (TPSA) is 25.8 Å². The highest BCUT2D eigenvalue weighted by Gasteiger charge is 1.95. The van der Waals surface area contributed by atoms with E-state index in [2.05, 4.69) is 29.3 Å². The van der Waals surface area contributed by atoms with E-state index in [1.807, 2.05) is 32.0 Å². The zero-order valence-electron chi connectivity index (χ0n) is 8.99. The Morgan fingerprint density at radius 1 is 1.07 bits per heavy atom. The van der Waals surface area contributed by atoms with Gasteiger partial charge >= 0.3 is 0 Å². The van der Waals surface area contributed by atoms with Crippen LogP contribution < -0.4 is 0 Å². The van der Waals surface area contributed by atoms with Gasteiger partial charge in [-0.25, -0.2) is 0 Å². The number of hydrogen-bond donors (Lipinski definition) is 0. The van der Waals surface area contributed by atoms with E-state index < -0.39 is 0 Å². The van der Waals surface area contributed by atoms with Gasteiger partial charge in [0.15, 0.2) is 0 Å². The van der Waals surface area contributed by atoms with Gasteiger partial charge in [-0.3, -0.25) is 0 Å². The number of fused-ring (bicyclic) bond motifs is 1. The van der Waals surface area contributed by atoms with Crippen LogP contribution in [0, 0.1) is 0 Å². The van der Waals surface area contributed by atoms with E-state index in [9.17, 15) is 0 Å². The number of aryl methyl sites for hydroxylation is 1. The minimum atomic E-state index is 0.942. The summed E-state index contributed by atoms with van der Waals surface area (Å²) in [4.78, 5) is 0. The van der Waals surface area contributed by atoms with Crippen molar-refractivity contribution in [2.24, 2.45) is 0 Å². The van der Waals surface area contributed by atoms with Crippen LogP contribution in [-0.4, -0.2) is 10.2 Å². The molecule has 0 N–H and O–H groups in total. The zero-order chi connectivity index (χ0) is 10.4. The summed E-state index contributed by atoms with van der Waals surface area (Å²) >= 11 is 0. The summed E-state index contributed by atoms with van der Waals surface area (Å²) < 4.78 is 0. The molecule has 0 spiro atoms. The predicted octanol–water partition coefficient (Wildman–Crippen LogP) is 3.22. The molecule has 1 aromatic carbocycles.